The number of benzene rings is 1. The van der Waals surface area contributed by atoms with Crippen molar-refractivity contribution in [2.24, 2.45) is 0 Å². The lowest BCUT2D eigenvalue weighted by atomic mass is 10.2. The number of carbonyl (C=O) groups excluding carboxylic acids is 1. The van der Waals surface area contributed by atoms with E-state index >= 15 is 0 Å². The average molecular weight is 384 g/mol. The molecular formula is C12H6BrCl2FO2S. The molecule has 0 N–H and O–H groups in total. The summed E-state index contributed by atoms with van der Waals surface area (Å²) in [5.41, 5.74) is 0.284. The van der Waals surface area contributed by atoms with E-state index in [4.69, 9.17) is 27.9 Å². The first-order valence-corrected chi connectivity index (χ1v) is 7.40. The Morgan fingerprint density at radius 2 is 2.11 bits per heavy atom. The molecule has 0 aliphatic carbocycles. The molecule has 19 heavy (non-hydrogen) atoms. The van der Waals surface area contributed by atoms with Gasteiger partial charge < -0.3 is 4.74 Å². The van der Waals surface area contributed by atoms with Crippen LogP contribution < -0.4 is 4.74 Å². The number of rotatable bonds is 4. The van der Waals surface area contributed by atoms with Gasteiger partial charge in [0, 0.05) is 4.47 Å². The molecule has 100 valence electrons. The fourth-order valence-electron chi connectivity index (χ4n) is 1.34. The summed E-state index contributed by atoms with van der Waals surface area (Å²) < 4.78 is 19.9. The van der Waals surface area contributed by atoms with E-state index in [0.29, 0.717) is 13.1 Å². The summed E-state index contributed by atoms with van der Waals surface area (Å²) in [6.07, 6.45) is 0. The van der Waals surface area contributed by atoms with Crippen molar-refractivity contribution in [3.05, 3.63) is 48.8 Å². The van der Waals surface area contributed by atoms with Gasteiger partial charge in [-0.3, -0.25) is 4.79 Å². The highest BCUT2D eigenvalue weighted by Crippen LogP contribution is 2.31. The Bertz CT molecular complexity index is 630. The Morgan fingerprint density at radius 1 is 1.37 bits per heavy atom. The highest BCUT2D eigenvalue weighted by Gasteiger charge is 2.15. The smallest absolute Gasteiger partial charge is 0.202 e. The average Bonchev–Trinajstić information content (AvgIpc) is 2.69. The molecule has 0 amide bonds. The van der Waals surface area contributed by atoms with Crippen LogP contribution in [0, 0.1) is 5.82 Å². The largest absolute Gasteiger partial charge is 0.482 e. The van der Waals surface area contributed by atoms with Gasteiger partial charge in [-0.25, -0.2) is 4.39 Å². The van der Waals surface area contributed by atoms with Crippen molar-refractivity contribution in [3.63, 3.8) is 0 Å². The van der Waals surface area contributed by atoms with Gasteiger partial charge in [0.25, 0.3) is 0 Å². The van der Waals surface area contributed by atoms with Gasteiger partial charge in [0.15, 0.2) is 18.2 Å². The fourth-order valence-corrected chi connectivity index (χ4v) is 3.18. The number of thiophene rings is 1. The molecular weight excluding hydrogens is 378 g/mol. The Hall–Kier alpha value is -0.620. The molecule has 0 unspecified atom stereocenters. The lowest BCUT2D eigenvalue weighted by Gasteiger charge is -2.06. The van der Waals surface area contributed by atoms with Gasteiger partial charge in [-0.2, -0.15) is 0 Å². The summed E-state index contributed by atoms with van der Waals surface area (Å²) >= 11 is 15.9. The number of ether oxygens (including phenoxy) is 1. The van der Waals surface area contributed by atoms with Crippen LogP contribution in [0.1, 0.15) is 10.4 Å². The molecule has 0 radical (unpaired) electrons. The van der Waals surface area contributed by atoms with E-state index in [9.17, 15) is 9.18 Å². The van der Waals surface area contributed by atoms with Crippen molar-refractivity contribution in [2.75, 3.05) is 6.61 Å². The van der Waals surface area contributed by atoms with E-state index in [1.165, 1.54) is 18.2 Å². The molecule has 0 aliphatic rings. The number of ketones is 1. The van der Waals surface area contributed by atoms with Crippen LogP contribution in [-0.4, -0.2) is 12.4 Å². The second-order valence-electron chi connectivity index (χ2n) is 3.52. The third-order valence-electron chi connectivity index (χ3n) is 2.21. The van der Waals surface area contributed by atoms with Crippen molar-refractivity contribution in [1.82, 2.24) is 0 Å². The maximum absolute atomic E-state index is 13.4. The van der Waals surface area contributed by atoms with Gasteiger partial charge in [-0.15, -0.1) is 11.3 Å². The molecule has 0 fully saturated rings. The van der Waals surface area contributed by atoms with Gasteiger partial charge in [0.2, 0.25) is 5.78 Å². The number of halogens is 4. The first-order chi connectivity index (χ1) is 8.97. The Balaban J connectivity index is 2.08. The van der Waals surface area contributed by atoms with E-state index in [2.05, 4.69) is 15.9 Å². The van der Waals surface area contributed by atoms with Crippen LogP contribution in [0.15, 0.2) is 28.7 Å². The van der Waals surface area contributed by atoms with Crippen LogP contribution >= 0.6 is 50.5 Å². The summed E-state index contributed by atoms with van der Waals surface area (Å²) in [7, 11) is 0. The Morgan fingerprint density at radius 3 is 2.74 bits per heavy atom. The summed E-state index contributed by atoms with van der Waals surface area (Å²) in [5, 5.41) is 0. The Labute approximate surface area is 131 Å². The SMILES string of the molecule is O=C(COc1cc(Br)ccc1F)c1cc(Cl)sc1Cl. The lowest BCUT2D eigenvalue weighted by Crippen LogP contribution is -2.11. The van der Waals surface area contributed by atoms with Gasteiger partial charge in [-0.05, 0) is 24.3 Å². The zero-order chi connectivity index (χ0) is 14.0. The summed E-state index contributed by atoms with van der Waals surface area (Å²) in [4.78, 5) is 11.9. The maximum atomic E-state index is 13.4. The minimum Gasteiger partial charge on any atom is -0.482 e. The van der Waals surface area contributed by atoms with E-state index in [1.54, 1.807) is 6.07 Å². The number of hydrogen-bond donors (Lipinski definition) is 0. The lowest BCUT2D eigenvalue weighted by molar-refractivity contribution is 0.0919. The fraction of sp³-hybridized carbons (Fsp3) is 0.0833. The third kappa shape index (κ3) is 3.69. The predicted octanol–water partition coefficient (Wildman–Crippen LogP) is 5.22. The zero-order valence-corrected chi connectivity index (χ0v) is 13.2. The number of carbonyl (C=O) groups is 1. The molecule has 1 aromatic heterocycles. The summed E-state index contributed by atoms with van der Waals surface area (Å²) in [5.74, 6) is -0.891. The zero-order valence-electron chi connectivity index (χ0n) is 9.25. The normalized spacial score (nSPS) is 10.5. The third-order valence-corrected chi connectivity index (χ3v) is 4.19. The van der Waals surface area contributed by atoms with E-state index < -0.39 is 5.82 Å². The van der Waals surface area contributed by atoms with Gasteiger partial charge >= 0.3 is 0 Å². The summed E-state index contributed by atoms with van der Waals surface area (Å²) in [6.45, 7) is -0.305. The first kappa shape index (κ1) is 14.8. The highest BCUT2D eigenvalue weighted by molar-refractivity contribution is 9.10. The molecule has 0 spiro atoms. The van der Waals surface area contributed by atoms with Crippen LogP contribution in [0.2, 0.25) is 8.67 Å². The molecule has 0 bridgehead atoms. The number of hydrogen-bond acceptors (Lipinski definition) is 3. The monoisotopic (exact) mass is 382 g/mol. The summed E-state index contributed by atoms with van der Waals surface area (Å²) in [6, 6.07) is 5.71. The topological polar surface area (TPSA) is 26.3 Å². The molecule has 7 heteroatoms. The molecule has 2 rings (SSSR count). The van der Waals surface area contributed by atoms with Crippen LogP contribution in [-0.2, 0) is 0 Å². The van der Waals surface area contributed by atoms with Gasteiger partial charge in [-0.1, -0.05) is 39.1 Å². The molecule has 0 atom stereocenters. The standard InChI is InChI=1S/C12H6BrCl2FO2S/c13-6-1-2-8(16)10(3-6)18-5-9(17)7-4-11(14)19-12(7)15/h1-4H,5H2. The van der Waals surface area contributed by atoms with Gasteiger partial charge in [0.05, 0.1) is 9.90 Å². The second kappa shape index (κ2) is 6.22. The minimum absolute atomic E-state index is 0.000161. The second-order valence-corrected chi connectivity index (χ2v) is 6.73. The highest BCUT2D eigenvalue weighted by atomic mass is 79.9. The first-order valence-electron chi connectivity index (χ1n) is 5.03. The van der Waals surface area contributed by atoms with Crippen molar-refractivity contribution >= 4 is 56.3 Å². The minimum atomic E-state index is -0.537. The van der Waals surface area contributed by atoms with Crippen molar-refractivity contribution in [1.29, 1.82) is 0 Å². The molecule has 0 aliphatic heterocycles. The van der Waals surface area contributed by atoms with Crippen LogP contribution in [0.5, 0.6) is 5.75 Å². The van der Waals surface area contributed by atoms with Crippen molar-refractivity contribution in [2.45, 2.75) is 0 Å². The Kier molecular flexibility index (Phi) is 4.84. The van der Waals surface area contributed by atoms with Crippen molar-refractivity contribution in [3.8, 4) is 5.75 Å². The molecule has 1 aromatic carbocycles. The van der Waals surface area contributed by atoms with E-state index in [-0.39, 0.29) is 23.7 Å². The molecule has 2 aromatic rings. The number of Topliss-reactive ketones (excluding diaryl/α,β-unsaturated/α-hetero) is 1. The predicted molar refractivity (Wildman–Crippen MR) is 78.3 cm³/mol. The molecule has 2 nitrogen and oxygen atoms in total. The van der Waals surface area contributed by atoms with E-state index in [1.807, 2.05) is 0 Å². The van der Waals surface area contributed by atoms with Crippen LogP contribution in [0.25, 0.3) is 0 Å². The van der Waals surface area contributed by atoms with Crippen LogP contribution in [0.4, 0.5) is 4.39 Å². The molecule has 0 saturated heterocycles. The van der Waals surface area contributed by atoms with Gasteiger partial charge in [0.1, 0.15) is 4.34 Å². The molecule has 0 saturated carbocycles. The van der Waals surface area contributed by atoms with Crippen LogP contribution in [0.3, 0.4) is 0 Å². The van der Waals surface area contributed by atoms with E-state index in [0.717, 1.165) is 11.3 Å². The molecule has 1 heterocycles. The van der Waals surface area contributed by atoms with Crippen molar-refractivity contribution < 1.29 is 13.9 Å². The maximum Gasteiger partial charge on any atom is 0.202 e. The quantitative estimate of drug-likeness (QED) is 0.676.